The van der Waals surface area contributed by atoms with Gasteiger partial charge in [0, 0.05) is 6.20 Å². The number of amides is 2. The standard InChI is InChI=1S/C26H26N4O5S/c1-5-6-7-17(15-28-33)16-30-24(31)22-18(14-27)8-13-21(23(22)25(30)32)29-36(34,35)20-11-9-19(10-12-20)26(2,3)4/h5-13,15,28-29,33H,1,16H2,2-4H3/b7-6-,17-15+. The van der Waals surface area contributed by atoms with E-state index in [1.54, 1.807) is 18.2 Å². The predicted octanol–water partition coefficient (Wildman–Crippen LogP) is 3.86. The van der Waals surface area contributed by atoms with Gasteiger partial charge >= 0.3 is 0 Å². The van der Waals surface area contributed by atoms with Gasteiger partial charge in [-0.3, -0.25) is 29.9 Å². The van der Waals surface area contributed by atoms with Crippen molar-refractivity contribution in [3.05, 3.63) is 95.2 Å². The van der Waals surface area contributed by atoms with Gasteiger partial charge in [0.25, 0.3) is 21.8 Å². The first-order chi connectivity index (χ1) is 16.9. The molecule has 36 heavy (non-hydrogen) atoms. The predicted molar refractivity (Wildman–Crippen MR) is 135 cm³/mol. The number of sulfonamides is 1. The minimum Gasteiger partial charge on any atom is -0.292 e. The number of fused-ring (bicyclic) bond motifs is 1. The molecule has 0 saturated heterocycles. The molecule has 3 rings (SSSR count). The molecule has 1 aliphatic rings. The number of hydrogen-bond acceptors (Lipinski definition) is 7. The van der Waals surface area contributed by atoms with Crippen LogP contribution in [0.25, 0.3) is 0 Å². The number of carbonyl (C=O) groups excluding carboxylic acids is 2. The zero-order chi connectivity index (χ0) is 26.7. The summed E-state index contributed by atoms with van der Waals surface area (Å²) in [6.07, 6.45) is 5.73. The van der Waals surface area contributed by atoms with Gasteiger partial charge in [-0.1, -0.05) is 57.7 Å². The summed E-state index contributed by atoms with van der Waals surface area (Å²) in [6, 6.07) is 10.8. The van der Waals surface area contributed by atoms with Crippen molar-refractivity contribution in [3.63, 3.8) is 0 Å². The fraction of sp³-hybridized carbons (Fsp3) is 0.192. The highest BCUT2D eigenvalue weighted by atomic mass is 32.2. The highest BCUT2D eigenvalue weighted by molar-refractivity contribution is 7.92. The Morgan fingerprint density at radius 1 is 1.11 bits per heavy atom. The molecule has 0 fully saturated rings. The van der Waals surface area contributed by atoms with Crippen LogP contribution in [0.1, 0.15) is 52.6 Å². The largest absolute Gasteiger partial charge is 0.292 e. The van der Waals surface area contributed by atoms with Gasteiger partial charge in [0.15, 0.2) is 0 Å². The highest BCUT2D eigenvalue weighted by Crippen LogP contribution is 2.34. The van der Waals surface area contributed by atoms with Crippen LogP contribution >= 0.6 is 0 Å². The van der Waals surface area contributed by atoms with E-state index in [-0.39, 0.29) is 39.2 Å². The monoisotopic (exact) mass is 506 g/mol. The lowest BCUT2D eigenvalue weighted by Crippen LogP contribution is -2.32. The molecule has 0 unspecified atom stereocenters. The van der Waals surface area contributed by atoms with Crippen molar-refractivity contribution >= 4 is 27.5 Å². The van der Waals surface area contributed by atoms with Crippen LogP contribution in [-0.2, 0) is 15.4 Å². The highest BCUT2D eigenvalue weighted by Gasteiger charge is 2.40. The van der Waals surface area contributed by atoms with E-state index in [4.69, 9.17) is 5.21 Å². The molecule has 10 heteroatoms. The third-order valence-electron chi connectivity index (χ3n) is 5.56. The lowest BCUT2D eigenvalue weighted by molar-refractivity contribution is 0.0668. The molecule has 1 heterocycles. The smallest absolute Gasteiger partial charge is 0.264 e. The number of benzene rings is 2. The molecule has 2 aromatic carbocycles. The van der Waals surface area contributed by atoms with Crippen molar-refractivity contribution in [1.82, 2.24) is 10.4 Å². The summed E-state index contributed by atoms with van der Waals surface area (Å²) in [6.45, 7) is 9.33. The van der Waals surface area contributed by atoms with Gasteiger partial charge in [0.05, 0.1) is 39.9 Å². The number of allylic oxidation sites excluding steroid dienone is 2. The molecule has 9 nitrogen and oxygen atoms in total. The summed E-state index contributed by atoms with van der Waals surface area (Å²) in [5.74, 6) is -1.53. The Kier molecular flexibility index (Phi) is 7.48. The van der Waals surface area contributed by atoms with E-state index in [2.05, 4.69) is 11.3 Å². The minimum atomic E-state index is -4.11. The summed E-state index contributed by atoms with van der Waals surface area (Å²) >= 11 is 0. The van der Waals surface area contributed by atoms with Crippen LogP contribution < -0.4 is 10.2 Å². The minimum absolute atomic E-state index is 0.0176. The third-order valence-corrected chi connectivity index (χ3v) is 6.94. The number of carbonyl (C=O) groups is 2. The Morgan fingerprint density at radius 3 is 2.31 bits per heavy atom. The molecular weight excluding hydrogens is 480 g/mol. The molecule has 0 bridgehead atoms. The Hall–Kier alpha value is -4.20. The molecule has 0 atom stereocenters. The van der Waals surface area contributed by atoms with Crippen LogP contribution in [0.3, 0.4) is 0 Å². The van der Waals surface area contributed by atoms with Crippen LogP contribution in [0.2, 0.25) is 0 Å². The maximum Gasteiger partial charge on any atom is 0.264 e. The van der Waals surface area contributed by atoms with Gasteiger partial charge in [0.1, 0.15) is 0 Å². The molecular formula is C26H26N4O5S. The van der Waals surface area contributed by atoms with Crippen molar-refractivity contribution < 1.29 is 23.2 Å². The van der Waals surface area contributed by atoms with Crippen LogP contribution in [0.15, 0.2) is 77.9 Å². The number of hydroxylamine groups is 1. The lowest BCUT2D eigenvalue weighted by Gasteiger charge is -2.19. The lowest BCUT2D eigenvalue weighted by atomic mass is 9.87. The molecule has 0 aromatic heterocycles. The maximum atomic E-state index is 13.3. The number of rotatable bonds is 8. The molecule has 0 aliphatic carbocycles. The van der Waals surface area contributed by atoms with E-state index in [1.807, 2.05) is 32.3 Å². The normalized spacial score (nSPS) is 14.1. The van der Waals surface area contributed by atoms with Crippen LogP contribution in [0, 0.1) is 11.3 Å². The van der Waals surface area contributed by atoms with Crippen LogP contribution in [0.5, 0.6) is 0 Å². The molecule has 2 aromatic rings. The maximum absolute atomic E-state index is 13.3. The zero-order valence-electron chi connectivity index (χ0n) is 20.1. The fourth-order valence-electron chi connectivity index (χ4n) is 3.67. The van der Waals surface area contributed by atoms with Gasteiger partial charge in [-0.15, -0.1) is 0 Å². The van der Waals surface area contributed by atoms with Crippen molar-refractivity contribution in [2.45, 2.75) is 31.1 Å². The second-order valence-electron chi connectivity index (χ2n) is 9.04. The van der Waals surface area contributed by atoms with Crippen LogP contribution in [-0.4, -0.2) is 36.9 Å². The Labute approximate surface area is 210 Å². The first kappa shape index (κ1) is 26.4. The summed E-state index contributed by atoms with van der Waals surface area (Å²) < 4.78 is 28.6. The first-order valence-electron chi connectivity index (χ1n) is 10.9. The third kappa shape index (κ3) is 5.22. The van der Waals surface area contributed by atoms with Crippen molar-refractivity contribution in [2.24, 2.45) is 0 Å². The Balaban J connectivity index is 2.02. The Morgan fingerprint density at radius 2 is 1.75 bits per heavy atom. The van der Waals surface area contributed by atoms with Gasteiger partial charge in [-0.05, 0) is 40.8 Å². The SMILES string of the molecule is C=C/C=C\C(=C/NO)CN1C(=O)c2c(C#N)ccc(NS(=O)(=O)c3ccc(C(C)(C)C)cc3)c2C1=O. The second-order valence-corrected chi connectivity index (χ2v) is 10.7. The number of anilines is 1. The van der Waals surface area contributed by atoms with Crippen molar-refractivity contribution in [3.8, 4) is 6.07 Å². The molecule has 0 saturated carbocycles. The Bertz CT molecular complexity index is 1430. The molecule has 0 spiro atoms. The number of nitriles is 1. The number of imide groups is 1. The molecule has 186 valence electrons. The van der Waals surface area contributed by atoms with E-state index in [0.29, 0.717) is 5.57 Å². The van der Waals surface area contributed by atoms with E-state index in [1.165, 1.54) is 42.6 Å². The number of nitrogens with one attached hydrogen (secondary N) is 2. The molecule has 0 radical (unpaired) electrons. The second kappa shape index (κ2) is 10.2. The summed E-state index contributed by atoms with van der Waals surface area (Å²) in [5.41, 5.74) is 2.42. The van der Waals surface area contributed by atoms with Crippen molar-refractivity contribution in [1.29, 1.82) is 5.26 Å². The van der Waals surface area contributed by atoms with E-state index >= 15 is 0 Å². The van der Waals surface area contributed by atoms with E-state index in [9.17, 15) is 23.3 Å². The van der Waals surface area contributed by atoms with Crippen LogP contribution in [0.4, 0.5) is 5.69 Å². The average Bonchev–Trinajstić information content (AvgIpc) is 3.08. The molecule has 1 aliphatic heterocycles. The molecule has 2 amide bonds. The van der Waals surface area contributed by atoms with Gasteiger partial charge < -0.3 is 0 Å². The van der Waals surface area contributed by atoms with Gasteiger partial charge in [0.2, 0.25) is 0 Å². The van der Waals surface area contributed by atoms with Crippen molar-refractivity contribution in [2.75, 3.05) is 11.3 Å². The quantitative estimate of drug-likeness (QED) is 0.281. The zero-order valence-corrected chi connectivity index (χ0v) is 20.9. The number of nitrogens with zero attached hydrogens (tertiary/aromatic N) is 2. The average molecular weight is 507 g/mol. The topological polar surface area (TPSA) is 140 Å². The van der Waals surface area contributed by atoms with E-state index in [0.717, 1.165) is 10.5 Å². The summed E-state index contributed by atoms with van der Waals surface area (Å²) in [7, 11) is -4.11. The van der Waals surface area contributed by atoms with Gasteiger partial charge in [-0.2, -0.15) is 5.26 Å². The summed E-state index contributed by atoms with van der Waals surface area (Å²) in [4.78, 5) is 27.3. The fourth-order valence-corrected chi connectivity index (χ4v) is 4.74. The number of hydrogen-bond donors (Lipinski definition) is 3. The molecule has 3 N–H and O–H groups in total. The summed E-state index contributed by atoms with van der Waals surface area (Å²) in [5, 5.41) is 18.6. The van der Waals surface area contributed by atoms with E-state index < -0.39 is 21.8 Å². The first-order valence-corrected chi connectivity index (χ1v) is 12.4. The van der Waals surface area contributed by atoms with Gasteiger partial charge in [-0.25, -0.2) is 8.42 Å².